The number of hydrogen-bond donors (Lipinski definition) is 1. The average Bonchev–Trinajstić information content (AvgIpc) is 2.41. The fourth-order valence-electron chi connectivity index (χ4n) is 2.31. The average molecular weight is 234 g/mol. The highest BCUT2D eigenvalue weighted by atomic mass is 16.5. The van der Waals surface area contributed by atoms with Crippen LogP contribution in [0.15, 0.2) is 24.5 Å². The van der Waals surface area contributed by atoms with Gasteiger partial charge in [0.2, 0.25) is 0 Å². The number of aromatic nitrogens is 1. The summed E-state index contributed by atoms with van der Waals surface area (Å²) in [5.74, 6) is 0.917. The molecule has 0 saturated carbocycles. The van der Waals surface area contributed by atoms with E-state index in [0.29, 0.717) is 0 Å². The van der Waals surface area contributed by atoms with Crippen LogP contribution in [-0.4, -0.2) is 24.7 Å². The van der Waals surface area contributed by atoms with E-state index in [1.54, 1.807) is 0 Å². The summed E-state index contributed by atoms with van der Waals surface area (Å²) >= 11 is 0. The molecule has 1 fully saturated rings. The van der Waals surface area contributed by atoms with E-state index in [0.717, 1.165) is 19.1 Å². The molecule has 0 radical (unpaired) electrons. The van der Waals surface area contributed by atoms with Crippen molar-refractivity contribution in [3.8, 4) is 0 Å². The van der Waals surface area contributed by atoms with Crippen molar-refractivity contribution >= 4 is 0 Å². The number of pyridine rings is 1. The van der Waals surface area contributed by atoms with Gasteiger partial charge >= 0.3 is 0 Å². The molecule has 1 aliphatic rings. The Bertz CT molecular complexity index is 296. The van der Waals surface area contributed by atoms with Crippen LogP contribution in [0.1, 0.15) is 31.2 Å². The fraction of sp³-hybridized carbons (Fsp3) is 0.643. The van der Waals surface area contributed by atoms with Gasteiger partial charge in [0.1, 0.15) is 0 Å². The summed E-state index contributed by atoms with van der Waals surface area (Å²) in [6.45, 7) is 3.99. The summed E-state index contributed by atoms with van der Waals surface area (Å²) in [4.78, 5) is 3.99. The first-order chi connectivity index (χ1) is 8.45. The Kier molecular flexibility index (Phi) is 5.46. The second kappa shape index (κ2) is 7.41. The Hall–Kier alpha value is -0.930. The molecule has 1 aliphatic heterocycles. The summed E-state index contributed by atoms with van der Waals surface area (Å²) < 4.78 is 5.67. The molecule has 94 valence electrons. The predicted octanol–water partition coefficient (Wildman–Crippen LogP) is 2.38. The first-order valence-electron chi connectivity index (χ1n) is 6.62. The molecule has 0 amide bonds. The van der Waals surface area contributed by atoms with Crippen LogP contribution in [0.3, 0.4) is 0 Å². The molecular formula is C14H22N2O. The predicted molar refractivity (Wildman–Crippen MR) is 68.7 cm³/mol. The van der Waals surface area contributed by atoms with E-state index in [1.807, 2.05) is 24.5 Å². The van der Waals surface area contributed by atoms with Gasteiger partial charge in [-0.1, -0.05) is 0 Å². The van der Waals surface area contributed by atoms with Crippen LogP contribution in [0.4, 0.5) is 0 Å². The van der Waals surface area contributed by atoms with Gasteiger partial charge in [-0.3, -0.25) is 4.98 Å². The highest BCUT2D eigenvalue weighted by Gasteiger charge is 2.11. The lowest BCUT2D eigenvalue weighted by Crippen LogP contribution is -2.27. The number of rotatable bonds is 6. The van der Waals surface area contributed by atoms with Crippen molar-refractivity contribution in [2.45, 2.75) is 32.3 Å². The standard InChI is InChI=1S/C14H22N2O/c1(2-13-3-7-15-8-4-13)11-17-12-14-5-9-16-10-6-14/h5-6,9-10,13,15H,1-4,7-8,11-12H2. The third-order valence-corrected chi connectivity index (χ3v) is 3.38. The lowest BCUT2D eigenvalue weighted by Gasteiger charge is -2.22. The first kappa shape index (κ1) is 12.5. The lowest BCUT2D eigenvalue weighted by atomic mass is 9.93. The quantitative estimate of drug-likeness (QED) is 0.767. The van der Waals surface area contributed by atoms with Crippen LogP contribution >= 0.6 is 0 Å². The molecular weight excluding hydrogens is 212 g/mol. The normalized spacial score (nSPS) is 17.2. The Morgan fingerprint density at radius 3 is 2.76 bits per heavy atom. The van der Waals surface area contributed by atoms with Crippen LogP contribution in [0.2, 0.25) is 0 Å². The maximum Gasteiger partial charge on any atom is 0.0717 e. The van der Waals surface area contributed by atoms with Crippen molar-refractivity contribution in [2.75, 3.05) is 19.7 Å². The second-order valence-corrected chi connectivity index (χ2v) is 4.74. The van der Waals surface area contributed by atoms with Crippen LogP contribution in [0.5, 0.6) is 0 Å². The summed E-state index contributed by atoms with van der Waals surface area (Å²) in [6.07, 6.45) is 8.81. The maximum atomic E-state index is 5.67. The van der Waals surface area contributed by atoms with Gasteiger partial charge < -0.3 is 10.1 Å². The zero-order valence-electron chi connectivity index (χ0n) is 10.4. The third kappa shape index (κ3) is 4.84. The van der Waals surface area contributed by atoms with E-state index in [2.05, 4.69) is 10.3 Å². The maximum absolute atomic E-state index is 5.67. The molecule has 17 heavy (non-hydrogen) atoms. The Morgan fingerprint density at radius 1 is 1.24 bits per heavy atom. The summed E-state index contributed by atoms with van der Waals surface area (Å²) in [5.41, 5.74) is 1.21. The minimum absolute atomic E-state index is 0.717. The molecule has 0 aromatic carbocycles. The monoisotopic (exact) mass is 234 g/mol. The summed E-state index contributed by atoms with van der Waals surface area (Å²) in [5, 5.41) is 3.40. The van der Waals surface area contributed by atoms with Crippen molar-refractivity contribution in [1.82, 2.24) is 10.3 Å². The molecule has 0 spiro atoms. The highest BCUT2D eigenvalue weighted by Crippen LogP contribution is 2.17. The van der Waals surface area contributed by atoms with Crippen LogP contribution in [0.25, 0.3) is 0 Å². The van der Waals surface area contributed by atoms with Crippen LogP contribution < -0.4 is 5.32 Å². The molecule has 3 heteroatoms. The number of ether oxygens (including phenoxy) is 1. The molecule has 0 bridgehead atoms. The number of nitrogens with zero attached hydrogens (tertiary/aromatic N) is 1. The topological polar surface area (TPSA) is 34.1 Å². The van der Waals surface area contributed by atoms with Crippen LogP contribution in [0, 0.1) is 5.92 Å². The molecule has 0 unspecified atom stereocenters. The van der Waals surface area contributed by atoms with E-state index in [1.165, 1.54) is 44.3 Å². The Labute approximate surface area is 104 Å². The van der Waals surface area contributed by atoms with Gasteiger partial charge in [-0.2, -0.15) is 0 Å². The number of hydrogen-bond acceptors (Lipinski definition) is 3. The van der Waals surface area contributed by atoms with E-state index in [4.69, 9.17) is 4.74 Å². The molecule has 1 aromatic rings. The van der Waals surface area contributed by atoms with Crippen molar-refractivity contribution < 1.29 is 4.74 Å². The largest absolute Gasteiger partial charge is 0.377 e. The van der Waals surface area contributed by atoms with Gasteiger partial charge in [-0.05, 0) is 62.4 Å². The molecule has 2 rings (SSSR count). The SMILES string of the molecule is c1cc(COCCCC2CCNCC2)ccn1. The molecule has 1 aromatic heterocycles. The lowest BCUT2D eigenvalue weighted by molar-refractivity contribution is 0.112. The third-order valence-electron chi connectivity index (χ3n) is 3.38. The zero-order valence-corrected chi connectivity index (χ0v) is 10.4. The van der Waals surface area contributed by atoms with Crippen molar-refractivity contribution in [3.63, 3.8) is 0 Å². The van der Waals surface area contributed by atoms with E-state index in [9.17, 15) is 0 Å². The van der Waals surface area contributed by atoms with E-state index >= 15 is 0 Å². The zero-order chi connectivity index (χ0) is 11.8. The minimum Gasteiger partial charge on any atom is -0.377 e. The second-order valence-electron chi connectivity index (χ2n) is 4.74. The summed E-state index contributed by atoms with van der Waals surface area (Å²) in [7, 11) is 0. The summed E-state index contributed by atoms with van der Waals surface area (Å²) in [6, 6.07) is 4.01. The molecule has 3 nitrogen and oxygen atoms in total. The molecule has 1 N–H and O–H groups in total. The van der Waals surface area contributed by atoms with Crippen LogP contribution in [-0.2, 0) is 11.3 Å². The van der Waals surface area contributed by atoms with Crippen molar-refractivity contribution in [3.05, 3.63) is 30.1 Å². The van der Waals surface area contributed by atoms with Gasteiger partial charge in [0, 0.05) is 19.0 Å². The van der Waals surface area contributed by atoms with E-state index < -0.39 is 0 Å². The molecule has 1 saturated heterocycles. The van der Waals surface area contributed by atoms with Gasteiger partial charge in [0.25, 0.3) is 0 Å². The van der Waals surface area contributed by atoms with Gasteiger partial charge in [-0.15, -0.1) is 0 Å². The first-order valence-corrected chi connectivity index (χ1v) is 6.62. The number of nitrogens with one attached hydrogen (secondary N) is 1. The molecule has 2 heterocycles. The Balaban J connectivity index is 1.51. The van der Waals surface area contributed by atoms with Crippen molar-refractivity contribution in [2.24, 2.45) is 5.92 Å². The number of piperidine rings is 1. The highest BCUT2D eigenvalue weighted by molar-refractivity contribution is 5.07. The van der Waals surface area contributed by atoms with E-state index in [-0.39, 0.29) is 0 Å². The Morgan fingerprint density at radius 2 is 2.00 bits per heavy atom. The fourth-order valence-corrected chi connectivity index (χ4v) is 2.31. The minimum atomic E-state index is 0.717. The smallest absolute Gasteiger partial charge is 0.0717 e. The van der Waals surface area contributed by atoms with Gasteiger partial charge in [0.15, 0.2) is 0 Å². The molecule has 0 atom stereocenters. The van der Waals surface area contributed by atoms with Crippen molar-refractivity contribution in [1.29, 1.82) is 0 Å². The van der Waals surface area contributed by atoms with Gasteiger partial charge in [-0.25, -0.2) is 0 Å². The molecule has 0 aliphatic carbocycles. The van der Waals surface area contributed by atoms with Gasteiger partial charge in [0.05, 0.1) is 6.61 Å².